The van der Waals surface area contributed by atoms with Gasteiger partial charge in [0.05, 0.1) is 22.7 Å². The lowest BCUT2D eigenvalue weighted by molar-refractivity contribution is 1.13. The van der Waals surface area contributed by atoms with Crippen molar-refractivity contribution in [3.8, 4) is 0 Å². The van der Waals surface area contributed by atoms with Crippen LogP contribution in [0, 0.1) is 0 Å². The quantitative estimate of drug-likeness (QED) is 0.621. The third kappa shape index (κ3) is 4.56. The molecule has 2 aromatic carbocycles. The second kappa shape index (κ2) is 7.78. The Hall–Kier alpha value is -1.88. The second-order valence-electron chi connectivity index (χ2n) is 4.70. The van der Waals surface area contributed by atoms with E-state index in [1.165, 1.54) is 5.56 Å². The molecule has 0 atom stereocenters. The van der Waals surface area contributed by atoms with Crippen molar-refractivity contribution in [3.63, 3.8) is 0 Å². The van der Waals surface area contributed by atoms with Gasteiger partial charge >= 0.3 is 0 Å². The van der Waals surface area contributed by atoms with Gasteiger partial charge < -0.3 is 22.9 Å². The van der Waals surface area contributed by atoms with E-state index >= 15 is 0 Å². The number of hydrogen-bond donors (Lipinski definition) is 4. The number of hydrogen-bond acceptors (Lipinski definition) is 4. The molecule has 0 amide bonds. The van der Waals surface area contributed by atoms with Crippen LogP contribution < -0.4 is 22.9 Å². The van der Waals surface area contributed by atoms with Crippen LogP contribution in [0.1, 0.15) is 25.0 Å². The van der Waals surface area contributed by atoms with Crippen LogP contribution in [0.3, 0.4) is 0 Å². The summed E-state index contributed by atoms with van der Waals surface area (Å²) in [6.45, 7) is 4.14. The summed E-state index contributed by atoms with van der Waals surface area (Å²) in [5, 5.41) is 0. The van der Waals surface area contributed by atoms with E-state index in [-0.39, 0.29) is 0 Å². The summed E-state index contributed by atoms with van der Waals surface area (Å²) >= 11 is 3.41. The van der Waals surface area contributed by atoms with E-state index in [1.807, 2.05) is 30.3 Å². The smallest absolute Gasteiger partial charge is 0.0580 e. The first kappa shape index (κ1) is 17.2. The molecule has 4 nitrogen and oxygen atoms in total. The van der Waals surface area contributed by atoms with Gasteiger partial charge in [0.1, 0.15) is 0 Å². The first-order valence-corrected chi connectivity index (χ1v) is 7.66. The number of anilines is 4. The van der Waals surface area contributed by atoms with Crippen LogP contribution in [0.5, 0.6) is 0 Å². The topological polar surface area (TPSA) is 104 Å². The van der Waals surface area contributed by atoms with Crippen LogP contribution >= 0.6 is 15.9 Å². The summed E-state index contributed by atoms with van der Waals surface area (Å²) in [6.07, 6.45) is 1.90. The van der Waals surface area contributed by atoms with Crippen molar-refractivity contribution in [1.82, 2.24) is 0 Å². The van der Waals surface area contributed by atoms with Gasteiger partial charge in [-0.25, -0.2) is 0 Å². The molecule has 0 fully saturated rings. The molecule has 0 heterocycles. The Bertz CT molecular complexity index is 611. The van der Waals surface area contributed by atoms with Crippen molar-refractivity contribution in [2.45, 2.75) is 26.7 Å². The minimum Gasteiger partial charge on any atom is -0.397 e. The Morgan fingerprint density at radius 3 is 1.90 bits per heavy atom. The van der Waals surface area contributed by atoms with E-state index in [2.05, 4.69) is 29.8 Å². The molecule has 5 heteroatoms. The molecule has 0 saturated heterocycles. The van der Waals surface area contributed by atoms with E-state index in [1.54, 1.807) is 0 Å². The highest BCUT2D eigenvalue weighted by molar-refractivity contribution is 9.10. The SMILES string of the molecule is CCc1cc(N)c(N)cc1Br.CCc1cccc(N)c1N. The summed E-state index contributed by atoms with van der Waals surface area (Å²) in [5.41, 5.74) is 27.5. The first-order valence-electron chi connectivity index (χ1n) is 6.86. The minimum absolute atomic E-state index is 0.633. The molecule has 0 spiro atoms. The van der Waals surface area contributed by atoms with Gasteiger partial charge in [-0.15, -0.1) is 0 Å². The summed E-state index contributed by atoms with van der Waals surface area (Å²) in [7, 11) is 0. The molecule has 114 valence electrons. The third-order valence-corrected chi connectivity index (χ3v) is 3.98. The lowest BCUT2D eigenvalue weighted by atomic mass is 10.1. The Kier molecular flexibility index (Phi) is 6.37. The largest absolute Gasteiger partial charge is 0.397 e. The Morgan fingerprint density at radius 2 is 1.38 bits per heavy atom. The number of rotatable bonds is 2. The van der Waals surface area contributed by atoms with Crippen LogP contribution in [-0.4, -0.2) is 0 Å². The third-order valence-electron chi connectivity index (χ3n) is 3.24. The van der Waals surface area contributed by atoms with Crippen LogP contribution in [0.4, 0.5) is 22.7 Å². The van der Waals surface area contributed by atoms with E-state index in [0.29, 0.717) is 17.1 Å². The Morgan fingerprint density at radius 1 is 0.810 bits per heavy atom. The molecule has 8 N–H and O–H groups in total. The van der Waals surface area contributed by atoms with Gasteiger partial charge in [0.2, 0.25) is 0 Å². The zero-order valence-corrected chi connectivity index (χ0v) is 14.1. The van der Waals surface area contributed by atoms with Gasteiger partial charge in [-0.1, -0.05) is 41.9 Å². The Balaban J connectivity index is 0.000000211. The first-order chi connectivity index (χ1) is 9.90. The molecule has 0 radical (unpaired) electrons. The second-order valence-corrected chi connectivity index (χ2v) is 5.55. The summed E-state index contributed by atoms with van der Waals surface area (Å²) in [6, 6.07) is 9.47. The molecule has 2 aromatic rings. The number of nitrogen functional groups attached to an aromatic ring is 4. The lowest BCUT2D eigenvalue weighted by Gasteiger charge is -2.05. The highest BCUT2D eigenvalue weighted by Crippen LogP contribution is 2.25. The predicted molar refractivity (Wildman–Crippen MR) is 97.0 cm³/mol. The van der Waals surface area contributed by atoms with Crippen LogP contribution in [0.15, 0.2) is 34.8 Å². The number of para-hydroxylation sites is 1. The molecule has 0 aliphatic carbocycles. The number of nitrogens with two attached hydrogens (primary N) is 4. The van der Waals surface area contributed by atoms with Crippen molar-refractivity contribution in [2.75, 3.05) is 22.9 Å². The molecule has 0 bridgehead atoms. The molecular formula is C16H23BrN4. The number of halogens is 1. The van der Waals surface area contributed by atoms with Crippen LogP contribution in [0.2, 0.25) is 0 Å². The van der Waals surface area contributed by atoms with E-state index in [0.717, 1.165) is 28.6 Å². The van der Waals surface area contributed by atoms with E-state index in [9.17, 15) is 0 Å². The van der Waals surface area contributed by atoms with Gasteiger partial charge in [-0.05, 0) is 42.2 Å². The molecule has 21 heavy (non-hydrogen) atoms. The Labute approximate surface area is 134 Å². The fourth-order valence-electron chi connectivity index (χ4n) is 1.86. The monoisotopic (exact) mass is 350 g/mol. The number of benzene rings is 2. The van der Waals surface area contributed by atoms with Gasteiger partial charge in [0.25, 0.3) is 0 Å². The average Bonchev–Trinajstić information content (AvgIpc) is 2.46. The maximum atomic E-state index is 5.67. The van der Waals surface area contributed by atoms with Crippen molar-refractivity contribution >= 4 is 38.7 Å². The van der Waals surface area contributed by atoms with Gasteiger partial charge in [-0.2, -0.15) is 0 Å². The highest BCUT2D eigenvalue weighted by Gasteiger charge is 2.01. The summed E-state index contributed by atoms with van der Waals surface area (Å²) < 4.78 is 1.03. The fourth-order valence-corrected chi connectivity index (χ4v) is 2.51. The normalized spacial score (nSPS) is 9.86. The standard InChI is InChI=1S/C8H11BrN2.C8H12N2/c1-2-5-3-7(10)8(11)4-6(5)9;1-2-6-4-3-5-7(9)8(6)10/h3-4H,2,10-11H2,1H3;3-5H,2,9-10H2,1H3. The van der Waals surface area contributed by atoms with Crippen molar-refractivity contribution < 1.29 is 0 Å². The fraction of sp³-hybridized carbons (Fsp3) is 0.250. The van der Waals surface area contributed by atoms with Crippen LogP contribution in [0.25, 0.3) is 0 Å². The zero-order chi connectivity index (χ0) is 16.0. The molecule has 0 unspecified atom stereocenters. The average molecular weight is 351 g/mol. The zero-order valence-electron chi connectivity index (χ0n) is 12.5. The molecule has 0 aromatic heterocycles. The van der Waals surface area contributed by atoms with E-state index < -0.39 is 0 Å². The minimum atomic E-state index is 0.633. The number of aryl methyl sites for hydroxylation is 2. The van der Waals surface area contributed by atoms with Gasteiger partial charge in [-0.3, -0.25) is 0 Å². The maximum Gasteiger partial charge on any atom is 0.0580 e. The van der Waals surface area contributed by atoms with Gasteiger partial charge in [0, 0.05) is 4.47 Å². The lowest BCUT2D eigenvalue weighted by Crippen LogP contribution is -1.98. The molecule has 2 rings (SSSR count). The predicted octanol–water partition coefficient (Wildman–Crippen LogP) is 3.59. The highest BCUT2D eigenvalue weighted by atomic mass is 79.9. The summed E-state index contributed by atoms with van der Waals surface area (Å²) in [4.78, 5) is 0. The van der Waals surface area contributed by atoms with Gasteiger partial charge in [0.15, 0.2) is 0 Å². The van der Waals surface area contributed by atoms with Crippen molar-refractivity contribution in [2.24, 2.45) is 0 Å². The van der Waals surface area contributed by atoms with E-state index in [4.69, 9.17) is 22.9 Å². The molecule has 0 aliphatic rings. The maximum absolute atomic E-state index is 5.67. The summed E-state index contributed by atoms with van der Waals surface area (Å²) in [5.74, 6) is 0. The molecule has 0 aliphatic heterocycles. The molecule has 0 saturated carbocycles. The molecular weight excluding hydrogens is 328 g/mol. The van der Waals surface area contributed by atoms with Crippen molar-refractivity contribution in [1.29, 1.82) is 0 Å². The van der Waals surface area contributed by atoms with Crippen LogP contribution in [-0.2, 0) is 12.8 Å². The van der Waals surface area contributed by atoms with Crippen molar-refractivity contribution in [3.05, 3.63) is 45.9 Å².